The minimum Gasteiger partial charge on any atom is -0.480 e. The number of carboxylic acid groups (broad SMARTS) is 1. The summed E-state index contributed by atoms with van der Waals surface area (Å²) in [7, 11) is 1.81. The Labute approximate surface area is 112 Å². The van der Waals surface area contributed by atoms with Crippen LogP contribution < -0.4 is 5.32 Å². The maximum atomic E-state index is 11.4. The molecule has 106 valence electrons. The molecule has 1 aliphatic rings. The number of aliphatic carboxylic acids is 1. The zero-order chi connectivity index (χ0) is 13.8. The summed E-state index contributed by atoms with van der Waals surface area (Å²) in [6, 6.07) is -0.715. The molecule has 0 aliphatic carbocycles. The maximum absolute atomic E-state index is 11.4. The van der Waals surface area contributed by atoms with Crippen LogP contribution in [0.2, 0.25) is 0 Å². The van der Waals surface area contributed by atoms with Crippen molar-refractivity contribution in [3.8, 4) is 0 Å². The smallest absolute Gasteiger partial charge is 0.325 e. The molecule has 0 spiro atoms. The highest BCUT2D eigenvalue weighted by atomic mass is 16.5. The predicted molar refractivity (Wildman–Crippen MR) is 69.9 cm³/mol. The number of carbonyl (C=O) groups is 1. The molecule has 6 nitrogen and oxygen atoms in total. The fraction of sp³-hybridized carbons (Fsp3) is 0.692. The Morgan fingerprint density at radius 3 is 3.11 bits per heavy atom. The number of aromatic nitrogens is 2. The monoisotopic (exact) mass is 267 g/mol. The Bertz CT molecular complexity index is 438. The minimum absolute atomic E-state index is 0.128. The molecule has 1 saturated heterocycles. The first-order valence-corrected chi connectivity index (χ1v) is 6.72. The molecule has 0 saturated carbocycles. The Kier molecular flexibility index (Phi) is 4.55. The second-order valence-corrected chi connectivity index (χ2v) is 4.87. The summed E-state index contributed by atoms with van der Waals surface area (Å²) < 4.78 is 7.17. The van der Waals surface area contributed by atoms with Crippen LogP contribution in [0.1, 0.15) is 37.1 Å². The Morgan fingerprint density at radius 1 is 1.74 bits per heavy atom. The highest BCUT2D eigenvalue weighted by Crippen LogP contribution is 2.19. The molecular formula is C13H21N3O3. The maximum Gasteiger partial charge on any atom is 0.325 e. The number of ether oxygens (including phenoxy) is 1. The Balaban J connectivity index is 2.07. The van der Waals surface area contributed by atoms with Crippen molar-refractivity contribution in [3.63, 3.8) is 0 Å². The number of hydrogen-bond acceptors (Lipinski definition) is 4. The molecular weight excluding hydrogens is 246 g/mol. The molecule has 1 aromatic heterocycles. The van der Waals surface area contributed by atoms with Gasteiger partial charge in [-0.25, -0.2) is 0 Å². The lowest BCUT2D eigenvalue weighted by Gasteiger charge is -2.17. The van der Waals surface area contributed by atoms with Crippen molar-refractivity contribution in [2.45, 2.75) is 38.3 Å². The number of aryl methyl sites for hydroxylation is 2. The van der Waals surface area contributed by atoms with E-state index in [1.54, 1.807) is 10.9 Å². The van der Waals surface area contributed by atoms with E-state index in [1.165, 1.54) is 0 Å². The molecule has 0 amide bonds. The zero-order valence-corrected chi connectivity index (χ0v) is 11.4. The molecule has 19 heavy (non-hydrogen) atoms. The van der Waals surface area contributed by atoms with Crippen molar-refractivity contribution in [3.05, 3.63) is 17.5 Å². The summed E-state index contributed by atoms with van der Waals surface area (Å²) in [4.78, 5) is 11.4. The molecule has 0 aromatic carbocycles. The van der Waals surface area contributed by atoms with Gasteiger partial charge >= 0.3 is 5.97 Å². The van der Waals surface area contributed by atoms with E-state index in [0.717, 1.165) is 37.1 Å². The average molecular weight is 267 g/mol. The van der Waals surface area contributed by atoms with Gasteiger partial charge in [0.05, 0.1) is 11.8 Å². The van der Waals surface area contributed by atoms with E-state index in [4.69, 9.17) is 4.74 Å². The minimum atomic E-state index is -0.874. The average Bonchev–Trinajstić information content (AvgIpc) is 2.98. The molecule has 2 heterocycles. The number of nitrogens with one attached hydrogen (secondary N) is 1. The van der Waals surface area contributed by atoms with Crippen molar-refractivity contribution in [2.24, 2.45) is 7.05 Å². The summed E-state index contributed by atoms with van der Waals surface area (Å²) >= 11 is 0. The molecule has 6 heteroatoms. The van der Waals surface area contributed by atoms with Crippen LogP contribution in [-0.2, 0) is 23.0 Å². The molecule has 1 aliphatic heterocycles. The third-order valence-corrected chi connectivity index (χ3v) is 3.40. The van der Waals surface area contributed by atoms with Gasteiger partial charge in [0.1, 0.15) is 6.04 Å². The largest absolute Gasteiger partial charge is 0.480 e. The summed E-state index contributed by atoms with van der Waals surface area (Å²) in [6.07, 6.45) is 4.68. The van der Waals surface area contributed by atoms with Gasteiger partial charge in [0.25, 0.3) is 0 Å². The molecule has 2 rings (SSSR count). The van der Waals surface area contributed by atoms with Gasteiger partial charge in [-0.1, -0.05) is 6.92 Å². The van der Waals surface area contributed by atoms with Crippen LogP contribution in [0.5, 0.6) is 0 Å². The van der Waals surface area contributed by atoms with Crippen molar-refractivity contribution >= 4 is 5.97 Å². The Morgan fingerprint density at radius 2 is 2.53 bits per heavy atom. The zero-order valence-electron chi connectivity index (χ0n) is 11.4. The molecule has 2 atom stereocenters. The van der Waals surface area contributed by atoms with Gasteiger partial charge < -0.3 is 9.84 Å². The molecule has 1 aromatic rings. The van der Waals surface area contributed by atoms with Gasteiger partial charge in [0.2, 0.25) is 0 Å². The lowest BCUT2D eigenvalue weighted by molar-refractivity contribution is -0.139. The number of rotatable bonds is 6. The topological polar surface area (TPSA) is 76.4 Å². The normalized spacial score (nSPS) is 20.6. The van der Waals surface area contributed by atoms with E-state index < -0.39 is 12.0 Å². The van der Waals surface area contributed by atoms with Crippen LogP contribution in [-0.4, -0.2) is 40.1 Å². The quantitative estimate of drug-likeness (QED) is 0.800. The lowest BCUT2D eigenvalue weighted by atomic mass is 10.1. The lowest BCUT2D eigenvalue weighted by Crippen LogP contribution is -2.34. The van der Waals surface area contributed by atoms with E-state index in [0.29, 0.717) is 6.54 Å². The molecule has 0 bridgehead atoms. The van der Waals surface area contributed by atoms with Crippen LogP contribution in [0.3, 0.4) is 0 Å². The standard InChI is InChI=1S/C13H21N3O3/c1-3-11-10(8-16(2)15-11)12(13(17)18)14-7-9-5-4-6-19-9/h8-9,12,14H,3-7H2,1-2H3,(H,17,18). The van der Waals surface area contributed by atoms with Gasteiger partial charge in [0, 0.05) is 32.0 Å². The fourth-order valence-corrected chi connectivity index (χ4v) is 2.45. The molecule has 0 radical (unpaired) electrons. The third kappa shape index (κ3) is 3.33. The number of carboxylic acids is 1. The van der Waals surface area contributed by atoms with Crippen LogP contribution in [0.25, 0.3) is 0 Å². The Hall–Kier alpha value is -1.40. The van der Waals surface area contributed by atoms with E-state index in [2.05, 4.69) is 10.4 Å². The first-order valence-electron chi connectivity index (χ1n) is 6.72. The van der Waals surface area contributed by atoms with Gasteiger partial charge in [-0.3, -0.25) is 14.8 Å². The van der Waals surface area contributed by atoms with Crippen molar-refractivity contribution in [2.75, 3.05) is 13.2 Å². The number of nitrogens with zero attached hydrogens (tertiary/aromatic N) is 2. The molecule has 2 unspecified atom stereocenters. The van der Waals surface area contributed by atoms with Crippen LogP contribution in [0, 0.1) is 0 Å². The van der Waals surface area contributed by atoms with Crippen molar-refractivity contribution in [1.82, 2.24) is 15.1 Å². The SMILES string of the molecule is CCc1nn(C)cc1C(NCC1CCCO1)C(=O)O. The van der Waals surface area contributed by atoms with E-state index in [-0.39, 0.29) is 6.10 Å². The van der Waals surface area contributed by atoms with Crippen LogP contribution >= 0.6 is 0 Å². The van der Waals surface area contributed by atoms with E-state index >= 15 is 0 Å². The summed E-state index contributed by atoms with van der Waals surface area (Å²) in [5.41, 5.74) is 1.57. The van der Waals surface area contributed by atoms with Gasteiger partial charge in [-0.15, -0.1) is 0 Å². The third-order valence-electron chi connectivity index (χ3n) is 3.40. The second kappa shape index (κ2) is 6.16. The molecule has 2 N–H and O–H groups in total. The van der Waals surface area contributed by atoms with Gasteiger partial charge in [-0.2, -0.15) is 5.10 Å². The van der Waals surface area contributed by atoms with Gasteiger partial charge in [0.15, 0.2) is 0 Å². The second-order valence-electron chi connectivity index (χ2n) is 4.87. The van der Waals surface area contributed by atoms with Crippen LogP contribution in [0.15, 0.2) is 6.20 Å². The molecule has 1 fully saturated rings. The van der Waals surface area contributed by atoms with E-state index in [9.17, 15) is 9.90 Å². The predicted octanol–water partition coefficient (Wildman–Crippen LogP) is 0.877. The summed E-state index contributed by atoms with van der Waals surface area (Å²) in [5, 5.41) is 16.8. The first kappa shape index (κ1) is 14.0. The first-order chi connectivity index (χ1) is 9.11. The van der Waals surface area contributed by atoms with Crippen molar-refractivity contribution in [1.29, 1.82) is 0 Å². The van der Waals surface area contributed by atoms with E-state index in [1.807, 2.05) is 14.0 Å². The highest BCUT2D eigenvalue weighted by Gasteiger charge is 2.26. The summed E-state index contributed by atoms with van der Waals surface area (Å²) in [5.74, 6) is -0.874. The van der Waals surface area contributed by atoms with Crippen molar-refractivity contribution < 1.29 is 14.6 Å². The fourth-order valence-electron chi connectivity index (χ4n) is 2.45. The highest BCUT2D eigenvalue weighted by molar-refractivity contribution is 5.75. The summed E-state index contributed by atoms with van der Waals surface area (Å²) in [6.45, 7) is 3.32. The number of hydrogen-bond donors (Lipinski definition) is 2. The van der Waals surface area contributed by atoms with Crippen LogP contribution in [0.4, 0.5) is 0 Å². The van der Waals surface area contributed by atoms with Gasteiger partial charge in [-0.05, 0) is 19.3 Å².